The van der Waals surface area contributed by atoms with Crippen molar-refractivity contribution in [1.82, 2.24) is 0 Å². The molecule has 0 radical (unpaired) electrons. The second-order valence-corrected chi connectivity index (χ2v) is 3.72. The van der Waals surface area contributed by atoms with Crippen molar-refractivity contribution in [3.63, 3.8) is 0 Å². The van der Waals surface area contributed by atoms with E-state index in [9.17, 15) is 4.79 Å². The van der Waals surface area contributed by atoms with E-state index in [1.807, 2.05) is 14.1 Å². The average molecular weight is 191 g/mol. The number of hydrogen-bond donors (Lipinski definition) is 0. The van der Waals surface area contributed by atoms with Crippen LogP contribution in [0.4, 0.5) is 5.69 Å². The summed E-state index contributed by atoms with van der Waals surface area (Å²) < 4.78 is 0. The van der Waals surface area contributed by atoms with Crippen LogP contribution in [0.2, 0.25) is 0 Å². The maximum atomic E-state index is 10.3. The minimum Gasteiger partial charge on any atom is -0.377 e. The number of benzene rings is 1. The van der Waals surface area contributed by atoms with Crippen molar-refractivity contribution >= 4 is 12.0 Å². The fraction of sp³-hybridized carbons (Fsp3) is 0.417. The van der Waals surface area contributed by atoms with Gasteiger partial charge in [0.2, 0.25) is 0 Å². The third-order valence-corrected chi connectivity index (χ3v) is 2.31. The number of rotatable bonds is 4. The molecular formula is C12H17NO. The molecule has 0 bridgehead atoms. The maximum Gasteiger partial charge on any atom is 0.120 e. The van der Waals surface area contributed by atoms with Crippen LogP contribution in [-0.4, -0.2) is 20.4 Å². The second-order valence-electron chi connectivity index (χ2n) is 3.72. The largest absolute Gasteiger partial charge is 0.377 e. The van der Waals surface area contributed by atoms with E-state index >= 15 is 0 Å². The van der Waals surface area contributed by atoms with Crippen molar-refractivity contribution in [2.45, 2.75) is 19.8 Å². The Morgan fingerprint density at radius 2 is 2.07 bits per heavy atom. The van der Waals surface area contributed by atoms with Gasteiger partial charge in [0.05, 0.1) is 0 Å². The average Bonchev–Trinajstić information content (AvgIpc) is 2.16. The predicted molar refractivity (Wildman–Crippen MR) is 59.9 cm³/mol. The van der Waals surface area contributed by atoms with Crippen LogP contribution < -0.4 is 4.90 Å². The Balaban J connectivity index is 2.88. The molecule has 0 aliphatic heterocycles. The van der Waals surface area contributed by atoms with E-state index in [4.69, 9.17) is 0 Å². The molecule has 1 aromatic carbocycles. The summed E-state index contributed by atoms with van der Waals surface area (Å²) in [4.78, 5) is 12.4. The summed E-state index contributed by atoms with van der Waals surface area (Å²) in [6.07, 6.45) is 2.41. The van der Waals surface area contributed by atoms with Crippen molar-refractivity contribution in [2.24, 2.45) is 0 Å². The van der Waals surface area contributed by atoms with Gasteiger partial charge < -0.3 is 9.69 Å². The van der Waals surface area contributed by atoms with Crippen LogP contribution in [0.5, 0.6) is 0 Å². The van der Waals surface area contributed by atoms with Gasteiger partial charge >= 0.3 is 0 Å². The minimum atomic E-state index is 0.607. The normalized spacial score (nSPS) is 9.93. The highest BCUT2D eigenvalue weighted by Crippen LogP contribution is 2.19. The van der Waals surface area contributed by atoms with Gasteiger partial charge in [0.15, 0.2) is 0 Å². The Bertz CT molecular complexity index is 318. The van der Waals surface area contributed by atoms with Gasteiger partial charge in [-0.3, -0.25) is 0 Å². The number of anilines is 1. The highest BCUT2D eigenvalue weighted by atomic mass is 16.1. The molecule has 0 aromatic heterocycles. The molecule has 2 heteroatoms. The molecule has 2 nitrogen and oxygen atoms in total. The van der Waals surface area contributed by atoms with E-state index < -0.39 is 0 Å². The van der Waals surface area contributed by atoms with E-state index in [2.05, 4.69) is 30.0 Å². The predicted octanol–water partition coefficient (Wildman–Crippen LogP) is 2.19. The van der Waals surface area contributed by atoms with Crippen LogP contribution in [-0.2, 0) is 11.2 Å². The second kappa shape index (κ2) is 4.80. The van der Waals surface area contributed by atoms with Gasteiger partial charge in [-0.1, -0.05) is 12.1 Å². The highest BCUT2D eigenvalue weighted by molar-refractivity contribution is 5.55. The van der Waals surface area contributed by atoms with Gasteiger partial charge in [-0.2, -0.15) is 0 Å². The smallest absolute Gasteiger partial charge is 0.120 e. The summed E-state index contributed by atoms with van der Waals surface area (Å²) in [6.45, 7) is 2.10. The van der Waals surface area contributed by atoms with Gasteiger partial charge in [-0.05, 0) is 30.5 Å². The fourth-order valence-corrected chi connectivity index (χ4v) is 1.52. The number of aryl methyl sites for hydroxylation is 2. The van der Waals surface area contributed by atoms with Crippen molar-refractivity contribution in [1.29, 1.82) is 0 Å². The number of carbonyl (C=O) groups excluding carboxylic acids is 1. The van der Waals surface area contributed by atoms with Gasteiger partial charge in [0, 0.05) is 26.2 Å². The molecule has 14 heavy (non-hydrogen) atoms. The Morgan fingerprint density at radius 1 is 1.36 bits per heavy atom. The highest BCUT2D eigenvalue weighted by Gasteiger charge is 2.01. The molecule has 0 heterocycles. The van der Waals surface area contributed by atoms with Crippen molar-refractivity contribution < 1.29 is 4.79 Å². The summed E-state index contributed by atoms with van der Waals surface area (Å²) in [7, 11) is 4.07. The molecule has 0 atom stereocenters. The molecule has 0 fully saturated rings. The molecule has 0 aliphatic rings. The summed E-state index contributed by atoms with van der Waals surface area (Å²) in [5.41, 5.74) is 3.73. The van der Waals surface area contributed by atoms with E-state index in [-0.39, 0.29) is 0 Å². The van der Waals surface area contributed by atoms with E-state index in [1.54, 1.807) is 0 Å². The molecule has 0 aliphatic carbocycles. The van der Waals surface area contributed by atoms with E-state index in [0.717, 1.165) is 12.7 Å². The summed E-state index contributed by atoms with van der Waals surface area (Å²) in [5, 5.41) is 0. The zero-order valence-electron chi connectivity index (χ0n) is 9.08. The zero-order valence-corrected chi connectivity index (χ0v) is 9.08. The Hall–Kier alpha value is -1.31. The maximum absolute atomic E-state index is 10.3. The molecule has 1 aromatic rings. The zero-order chi connectivity index (χ0) is 10.6. The van der Waals surface area contributed by atoms with Gasteiger partial charge in [-0.25, -0.2) is 0 Å². The molecule has 76 valence electrons. The van der Waals surface area contributed by atoms with Crippen molar-refractivity contribution in [2.75, 3.05) is 19.0 Å². The van der Waals surface area contributed by atoms with Crippen LogP contribution >= 0.6 is 0 Å². The molecule has 0 saturated heterocycles. The van der Waals surface area contributed by atoms with Crippen LogP contribution in [0.3, 0.4) is 0 Å². The van der Waals surface area contributed by atoms with Gasteiger partial charge in [0.1, 0.15) is 6.29 Å². The third kappa shape index (κ3) is 2.59. The van der Waals surface area contributed by atoms with Gasteiger partial charge in [0.25, 0.3) is 0 Å². The Kier molecular flexibility index (Phi) is 3.69. The first-order valence-electron chi connectivity index (χ1n) is 4.85. The lowest BCUT2D eigenvalue weighted by molar-refractivity contribution is -0.107. The van der Waals surface area contributed by atoms with Crippen LogP contribution in [0.25, 0.3) is 0 Å². The minimum absolute atomic E-state index is 0.607. The molecule has 0 amide bonds. The Labute approximate surface area is 85.5 Å². The van der Waals surface area contributed by atoms with E-state index in [1.165, 1.54) is 16.8 Å². The molecular weight excluding hydrogens is 174 g/mol. The first-order chi connectivity index (χ1) is 6.65. The Morgan fingerprint density at radius 3 is 2.64 bits per heavy atom. The lowest BCUT2D eigenvalue weighted by Crippen LogP contribution is -2.10. The number of nitrogens with zero attached hydrogens (tertiary/aromatic N) is 1. The fourth-order valence-electron chi connectivity index (χ4n) is 1.52. The van der Waals surface area contributed by atoms with Crippen molar-refractivity contribution in [3.05, 3.63) is 29.3 Å². The van der Waals surface area contributed by atoms with Gasteiger partial charge in [-0.15, -0.1) is 0 Å². The topological polar surface area (TPSA) is 20.3 Å². The van der Waals surface area contributed by atoms with E-state index in [0.29, 0.717) is 6.42 Å². The third-order valence-electron chi connectivity index (χ3n) is 2.31. The first kappa shape index (κ1) is 10.8. The molecule has 1 rings (SSSR count). The quantitative estimate of drug-likeness (QED) is 0.680. The molecule has 0 N–H and O–H groups in total. The summed E-state index contributed by atoms with van der Waals surface area (Å²) >= 11 is 0. The number of aldehydes is 1. The number of carbonyl (C=O) groups is 1. The summed E-state index contributed by atoms with van der Waals surface area (Å²) in [6, 6.07) is 6.35. The SMILES string of the molecule is Cc1ccc(CCC=O)cc1N(C)C. The first-order valence-corrected chi connectivity index (χ1v) is 4.85. The number of hydrogen-bond acceptors (Lipinski definition) is 2. The molecule has 0 unspecified atom stereocenters. The monoisotopic (exact) mass is 191 g/mol. The van der Waals surface area contributed by atoms with Crippen LogP contribution in [0.15, 0.2) is 18.2 Å². The summed E-state index contributed by atoms with van der Waals surface area (Å²) in [5.74, 6) is 0. The molecule has 0 saturated carbocycles. The lowest BCUT2D eigenvalue weighted by Gasteiger charge is -2.16. The van der Waals surface area contributed by atoms with Crippen LogP contribution in [0, 0.1) is 6.92 Å². The molecule has 0 spiro atoms. The van der Waals surface area contributed by atoms with Crippen molar-refractivity contribution in [3.8, 4) is 0 Å². The standard InChI is InChI=1S/C12H17NO/c1-10-6-7-11(5-4-8-14)9-12(10)13(2)3/h6-9H,4-5H2,1-3H3. The van der Waals surface area contributed by atoms with Crippen LogP contribution in [0.1, 0.15) is 17.5 Å². The lowest BCUT2D eigenvalue weighted by atomic mass is 10.1.